The number of amides is 1. The van der Waals surface area contributed by atoms with E-state index in [1.807, 2.05) is 6.07 Å². The maximum atomic E-state index is 13.9. The van der Waals surface area contributed by atoms with Crippen LogP contribution in [0.4, 0.5) is 4.39 Å². The summed E-state index contributed by atoms with van der Waals surface area (Å²) in [4.78, 5) is 25.3. The van der Waals surface area contributed by atoms with Gasteiger partial charge in [-0.05, 0) is 67.3 Å². The van der Waals surface area contributed by atoms with Gasteiger partial charge in [-0.15, -0.1) is 0 Å². The molecular weight excluding hydrogens is 451 g/mol. The summed E-state index contributed by atoms with van der Waals surface area (Å²) in [6.45, 7) is 1.34. The van der Waals surface area contributed by atoms with Crippen LogP contribution in [0.3, 0.4) is 0 Å². The van der Waals surface area contributed by atoms with Gasteiger partial charge in [-0.2, -0.15) is 0 Å². The number of methoxy groups -OCH3 is 2. The molecule has 1 saturated carbocycles. The monoisotopic (exact) mass is 482 g/mol. The Balaban J connectivity index is 1.43. The largest absolute Gasteiger partial charge is 0.467 e. The Hall–Kier alpha value is -3.17. The molecule has 8 nitrogen and oxygen atoms in total. The highest BCUT2D eigenvalue weighted by Crippen LogP contribution is 2.39. The normalized spacial score (nSPS) is 18.8. The van der Waals surface area contributed by atoms with Gasteiger partial charge in [0.2, 0.25) is 0 Å². The molecule has 186 valence electrons. The molecule has 2 heterocycles. The molecule has 1 fully saturated rings. The van der Waals surface area contributed by atoms with Gasteiger partial charge in [0.1, 0.15) is 5.82 Å². The van der Waals surface area contributed by atoms with Crippen LogP contribution in [0.1, 0.15) is 47.5 Å². The highest BCUT2D eigenvalue weighted by Gasteiger charge is 2.30. The molecule has 35 heavy (non-hydrogen) atoms. The van der Waals surface area contributed by atoms with Crippen LogP contribution >= 0.6 is 0 Å². The first-order chi connectivity index (χ1) is 17.1. The number of hydrogen-bond acceptors (Lipinski definition) is 7. The summed E-state index contributed by atoms with van der Waals surface area (Å²) in [7, 11) is 3.10. The van der Waals surface area contributed by atoms with Crippen molar-refractivity contribution in [3.8, 4) is 6.01 Å². The van der Waals surface area contributed by atoms with Crippen molar-refractivity contribution in [2.24, 2.45) is 5.92 Å². The van der Waals surface area contributed by atoms with E-state index in [-0.39, 0.29) is 29.7 Å². The zero-order chi connectivity index (χ0) is 24.6. The molecule has 2 aromatic heterocycles. The smallest absolute Gasteiger partial charge is 0.316 e. The third-order valence-corrected chi connectivity index (χ3v) is 6.64. The van der Waals surface area contributed by atoms with E-state index in [1.54, 1.807) is 25.4 Å². The summed E-state index contributed by atoms with van der Waals surface area (Å²) in [6, 6.07) is 6.81. The molecule has 1 aliphatic carbocycles. The number of ether oxygens (including phenoxy) is 3. The van der Waals surface area contributed by atoms with Crippen LogP contribution in [-0.2, 0) is 9.47 Å². The van der Waals surface area contributed by atoms with Gasteiger partial charge in [0.15, 0.2) is 0 Å². The van der Waals surface area contributed by atoms with Gasteiger partial charge < -0.3 is 19.5 Å². The molecule has 1 amide bonds. The molecule has 3 aromatic rings. The third-order valence-electron chi connectivity index (χ3n) is 6.64. The summed E-state index contributed by atoms with van der Waals surface area (Å²) in [5, 5.41) is 4.00. The minimum Gasteiger partial charge on any atom is -0.467 e. The van der Waals surface area contributed by atoms with Crippen molar-refractivity contribution in [1.82, 2.24) is 20.3 Å². The molecule has 0 aliphatic heterocycles. The standard InChI is InChI=1S/C26H31FN4O4/c1-33-11-12-35-16-24(31-25(32)19-14-29-26(34-2)30-15-19)18-5-3-17(4-6-18)21-9-10-28-23-8-7-20(27)13-22(21)23/h7-10,13-15,17-18,24H,3-6,11-12,16H2,1-2H3,(H,31,32)/t17?,18?,24-/m0/s1. The number of carbonyl (C=O) groups excluding carboxylic acids is 1. The van der Waals surface area contributed by atoms with Crippen molar-refractivity contribution < 1.29 is 23.4 Å². The summed E-state index contributed by atoms with van der Waals surface area (Å²) < 4.78 is 29.8. The SMILES string of the molecule is COCCOC[C@H](NC(=O)c1cnc(OC)nc1)C1CCC(c2ccnc3ccc(F)cc23)CC1. The average Bonchev–Trinajstić information content (AvgIpc) is 2.90. The van der Waals surface area contributed by atoms with E-state index in [0.29, 0.717) is 31.3 Å². The van der Waals surface area contributed by atoms with Gasteiger partial charge in [-0.1, -0.05) is 0 Å². The van der Waals surface area contributed by atoms with E-state index < -0.39 is 0 Å². The van der Waals surface area contributed by atoms with Crippen LogP contribution < -0.4 is 10.1 Å². The summed E-state index contributed by atoms with van der Waals surface area (Å²) in [5.74, 6) is 0.0747. The van der Waals surface area contributed by atoms with Gasteiger partial charge in [-0.3, -0.25) is 9.78 Å². The molecule has 1 atom stereocenters. The average molecular weight is 483 g/mol. The molecule has 0 bridgehead atoms. The van der Waals surface area contributed by atoms with E-state index in [1.165, 1.54) is 25.6 Å². The number of fused-ring (bicyclic) bond motifs is 1. The van der Waals surface area contributed by atoms with Crippen LogP contribution in [-0.4, -0.2) is 60.9 Å². The molecule has 1 N–H and O–H groups in total. The summed E-state index contributed by atoms with van der Waals surface area (Å²) >= 11 is 0. The number of benzene rings is 1. The maximum absolute atomic E-state index is 13.9. The number of nitrogens with one attached hydrogen (secondary N) is 1. The van der Waals surface area contributed by atoms with E-state index in [2.05, 4.69) is 20.3 Å². The minimum absolute atomic E-state index is 0.158. The fourth-order valence-corrected chi connectivity index (χ4v) is 4.77. The van der Waals surface area contributed by atoms with Crippen LogP contribution in [0.2, 0.25) is 0 Å². The zero-order valence-corrected chi connectivity index (χ0v) is 20.1. The lowest BCUT2D eigenvalue weighted by Gasteiger charge is -2.34. The molecule has 1 aromatic carbocycles. The number of pyridine rings is 1. The minimum atomic E-state index is -0.251. The molecule has 0 unspecified atom stereocenters. The topological polar surface area (TPSA) is 95.5 Å². The van der Waals surface area contributed by atoms with Crippen LogP contribution in [0.5, 0.6) is 6.01 Å². The Morgan fingerprint density at radius 1 is 1.09 bits per heavy atom. The fraction of sp³-hybridized carbons (Fsp3) is 0.462. The van der Waals surface area contributed by atoms with E-state index >= 15 is 0 Å². The number of rotatable bonds is 10. The van der Waals surface area contributed by atoms with Gasteiger partial charge in [-0.25, -0.2) is 14.4 Å². The highest BCUT2D eigenvalue weighted by atomic mass is 19.1. The van der Waals surface area contributed by atoms with Crippen molar-refractivity contribution in [2.75, 3.05) is 34.0 Å². The lowest BCUT2D eigenvalue weighted by molar-refractivity contribution is 0.0422. The molecule has 9 heteroatoms. The second-order valence-corrected chi connectivity index (χ2v) is 8.78. The van der Waals surface area contributed by atoms with Crippen molar-refractivity contribution in [2.45, 2.75) is 37.6 Å². The first-order valence-electron chi connectivity index (χ1n) is 11.9. The van der Waals surface area contributed by atoms with Crippen molar-refractivity contribution in [3.63, 3.8) is 0 Å². The van der Waals surface area contributed by atoms with Gasteiger partial charge in [0.05, 0.1) is 44.1 Å². The Morgan fingerprint density at radius 2 is 1.86 bits per heavy atom. The lowest BCUT2D eigenvalue weighted by atomic mass is 9.75. The summed E-state index contributed by atoms with van der Waals surface area (Å²) in [6.07, 6.45) is 8.42. The highest BCUT2D eigenvalue weighted by molar-refractivity contribution is 5.93. The van der Waals surface area contributed by atoms with Crippen molar-refractivity contribution in [1.29, 1.82) is 0 Å². The maximum Gasteiger partial charge on any atom is 0.316 e. The predicted octanol–water partition coefficient (Wildman–Crippen LogP) is 3.91. The number of aromatic nitrogens is 3. The first-order valence-corrected chi connectivity index (χ1v) is 11.9. The zero-order valence-electron chi connectivity index (χ0n) is 20.1. The molecule has 1 aliphatic rings. The Labute approximate surface area is 204 Å². The van der Waals surface area contributed by atoms with Gasteiger partial charge in [0.25, 0.3) is 5.91 Å². The van der Waals surface area contributed by atoms with E-state index in [9.17, 15) is 9.18 Å². The molecule has 4 rings (SSSR count). The van der Waals surface area contributed by atoms with Gasteiger partial charge >= 0.3 is 6.01 Å². The first kappa shape index (κ1) is 24.9. The number of halogens is 1. The molecule has 0 spiro atoms. The number of hydrogen-bond donors (Lipinski definition) is 1. The Morgan fingerprint density at radius 3 is 2.57 bits per heavy atom. The van der Waals surface area contributed by atoms with Crippen molar-refractivity contribution in [3.05, 3.63) is 59.8 Å². The predicted molar refractivity (Wildman–Crippen MR) is 129 cm³/mol. The van der Waals surface area contributed by atoms with Crippen LogP contribution in [0, 0.1) is 11.7 Å². The fourth-order valence-electron chi connectivity index (χ4n) is 4.77. The molecule has 0 radical (unpaired) electrons. The van der Waals surface area contributed by atoms with Gasteiger partial charge in [0, 0.05) is 31.1 Å². The molecule has 0 saturated heterocycles. The van der Waals surface area contributed by atoms with Crippen molar-refractivity contribution >= 4 is 16.8 Å². The second kappa shape index (κ2) is 12.0. The van der Waals surface area contributed by atoms with Crippen LogP contribution in [0.15, 0.2) is 42.9 Å². The Kier molecular flexibility index (Phi) is 8.54. The Bertz CT molecular complexity index is 1120. The second-order valence-electron chi connectivity index (χ2n) is 8.78. The van der Waals surface area contributed by atoms with Crippen LogP contribution in [0.25, 0.3) is 10.9 Å². The van der Waals surface area contributed by atoms with E-state index in [0.717, 1.165) is 42.1 Å². The lowest BCUT2D eigenvalue weighted by Crippen LogP contribution is -2.45. The van der Waals surface area contributed by atoms with E-state index in [4.69, 9.17) is 14.2 Å². The number of carbonyl (C=O) groups is 1. The molecular formula is C26H31FN4O4. The third kappa shape index (κ3) is 6.29. The summed E-state index contributed by atoms with van der Waals surface area (Å²) in [5.41, 5.74) is 2.32. The number of nitrogens with zero attached hydrogens (tertiary/aromatic N) is 3. The quantitative estimate of drug-likeness (QED) is 0.438.